The molecule has 1 aromatic heterocycles. The molecule has 0 bridgehead atoms. The van der Waals surface area contributed by atoms with E-state index in [9.17, 15) is 4.79 Å². The average molecular weight is 342 g/mol. The summed E-state index contributed by atoms with van der Waals surface area (Å²) in [5.41, 5.74) is 1.66. The number of fused-ring (bicyclic) bond motifs is 1. The minimum absolute atomic E-state index is 0.0175. The van der Waals surface area contributed by atoms with Crippen molar-refractivity contribution >= 4 is 16.8 Å². The van der Waals surface area contributed by atoms with Crippen LogP contribution in [0, 0.1) is 0 Å². The molecule has 6 nitrogen and oxygen atoms in total. The second kappa shape index (κ2) is 7.54. The molecule has 2 aliphatic rings. The van der Waals surface area contributed by atoms with Crippen LogP contribution < -0.4 is 10.6 Å². The molecule has 1 aliphatic carbocycles. The summed E-state index contributed by atoms with van der Waals surface area (Å²) in [7, 11) is 0. The quantitative estimate of drug-likeness (QED) is 0.797. The van der Waals surface area contributed by atoms with Gasteiger partial charge in [-0.3, -0.25) is 9.89 Å². The zero-order valence-corrected chi connectivity index (χ0v) is 14.5. The maximum Gasteiger partial charge on any atom is 0.251 e. The number of carbonyl (C=O) groups excluding carboxylic acids is 1. The van der Waals surface area contributed by atoms with Gasteiger partial charge < -0.3 is 15.4 Å². The first-order valence-corrected chi connectivity index (χ1v) is 9.36. The monoisotopic (exact) mass is 342 g/mol. The fraction of sp³-hybridized carbons (Fsp3) is 0.579. The van der Waals surface area contributed by atoms with Gasteiger partial charge in [-0.2, -0.15) is 5.10 Å². The van der Waals surface area contributed by atoms with E-state index >= 15 is 0 Å². The molecular weight excluding hydrogens is 316 g/mol. The van der Waals surface area contributed by atoms with E-state index in [0.29, 0.717) is 17.6 Å². The summed E-state index contributed by atoms with van der Waals surface area (Å²) in [5.74, 6) is 0.0175. The highest BCUT2D eigenvalue weighted by molar-refractivity contribution is 5.98. The number of ether oxygens (including phenoxy) is 1. The van der Waals surface area contributed by atoms with Gasteiger partial charge in [0.25, 0.3) is 5.91 Å². The van der Waals surface area contributed by atoms with Crippen molar-refractivity contribution in [1.82, 2.24) is 20.8 Å². The van der Waals surface area contributed by atoms with Crippen molar-refractivity contribution in [3.8, 4) is 0 Å². The number of aromatic nitrogens is 2. The van der Waals surface area contributed by atoms with Gasteiger partial charge in [0.05, 0.1) is 11.7 Å². The van der Waals surface area contributed by atoms with E-state index in [4.69, 9.17) is 4.74 Å². The lowest BCUT2D eigenvalue weighted by Gasteiger charge is -2.33. The predicted octanol–water partition coefficient (Wildman–Crippen LogP) is 2.37. The van der Waals surface area contributed by atoms with Crippen LogP contribution in [0.25, 0.3) is 10.9 Å². The number of hydrogen-bond acceptors (Lipinski definition) is 4. The third kappa shape index (κ3) is 4.02. The third-order valence-corrected chi connectivity index (χ3v) is 5.46. The maximum atomic E-state index is 12.5. The first-order valence-electron chi connectivity index (χ1n) is 9.36. The molecule has 2 heterocycles. The fourth-order valence-corrected chi connectivity index (χ4v) is 3.95. The van der Waals surface area contributed by atoms with E-state index < -0.39 is 0 Å². The van der Waals surface area contributed by atoms with Gasteiger partial charge >= 0.3 is 0 Å². The normalized spacial score (nSPS) is 25.1. The molecule has 3 N–H and O–H groups in total. The number of nitrogens with one attached hydrogen (secondary N) is 3. The summed E-state index contributed by atoms with van der Waals surface area (Å²) >= 11 is 0. The molecule has 2 aromatic rings. The summed E-state index contributed by atoms with van der Waals surface area (Å²) in [6, 6.07) is 7.12. The minimum Gasteiger partial charge on any atom is -0.381 e. The second-order valence-electron chi connectivity index (χ2n) is 7.25. The molecule has 1 aliphatic heterocycles. The van der Waals surface area contributed by atoms with Crippen molar-refractivity contribution < 1.29 is 9.53 Å². The second-order valence-corrected chi connectivity index (χ2v) is 7.25. The predicted molar refractivity (Wildman–Crippen MR) is 96.6 cm³/mol. The summed E-state index contributed by atoms with van der Waals surface area (Å²) < 4.78 is 5.42. The SMILES string of the molecule is O=C(N[C@H]1CC[C@H](NC2CCOCC2)CC1)c1ccc2[nH]ncc2c1. The van der Waals surface area contributed by atoms with Gasteiger partial charge in [-0.15, -0.1) is 0 Å². The summed E-state index contributed by atoms with van der Waals surface area (Å²) in [5, 5.41) is 14.9. The van der Waals surface area contributed by atoms with Crippen LogP contribution in [-0.2, 0) is 4.74 Å². The zero-order valence-electron chi connectivity index (χ0n) is 14.5. The van der Waals surface area contributed by atoms with Crippen LogP contribution in [0.15, 0.2) is 24.4 Å². The number of H-pyrrole nitrogens is 1. The number of hydrogen-bond donors (Lipinski definition) is 3. The van der Waals surface area contributed by atoms with Crippen LogP contribution in [0.3, 0.4) is 0 Å². The van der Waals surface area contributed by atoms with Crippen molar-refractivity contribution in [2.45, 2.75) is 56.7 Å². The van der Waals surface area contributed by atoms with Crippen molar-refractivity contribution in [1.29, 1.82) is 0 Å². The molecule has 1 aromatic carbocycles. The van der Waals surface area contributed by atoms with Crippen LogP contribution in [0.1, 0.15) is 48.9 Å². The topological polar surface area (TPSA) is 79.0 Å². The summed E-state index contributed by atoms with van der Waals surface area (Å²) in [6.07, 6.45) is 8.33. The molecule has 25 heavy (non-hydrogen) atoms. The standard InChI is InChI=1S/C19H26N4O2/c24-19(13-1-6-18-14(11-13)12-20-23-18)22-16-4-2-15(3-5-16)21-17-7-9-25-10-8-17/h1,6,11-12,15-17,21H,2-5,7-10H2,(H,20,23)(H,22,24)/t15-,16-. The summed E-state index contributed by atoms with van der Waals surface area (Å²) in [6.45, 7) is 1.76. The van der Waals surface area contributed by atoms with E-state index in [-0.39, 0.29) is 11.9 Å². The molecule has 2 fully saturated rings. The molecule has 1 amide bonds. The number of carbonyl (C=O) groups is 1. The molecule has 134 valence electrons. The lowest BCUT2D eigenvalue weighted by Crippen LogP contribution is -2.46. The Kier molecular flexibility index (Phi) is 4.99. The molecule has 0 spiro atoms. The highest BCUT2D eigenvalue weighted by Gasteiger charge is 2.25. The maximum absolute atomic E-state index is 12.5. The van der Waals surface area contributed by atoms with E-state index in [0.717, 1.165) is 62.6 Å². The van der Waals surface area contributed by atoms with E-state index in [1.165, 1.54) is 0 Å². The van der Waals surface area contributed by atoms with Crippen LogP contribution in [-0.4, -0.2) is 47.4 Å². The van der Waals surface area contributed by atoms with Crippen LogP contribution in [0.2, 0.25) is 0 Å². The molecule has 1 saturated carbocycles. The fourth-order valence-electron chi connectivity index (χ4n) is 3.95. The number of rotatable bonds is 4. The van der Waals surface area contributed by atoms with E-state index in [1.807, 2.05) is 18.2 Å². The Hall–Kier alpha value is -1.92. The van der Waals surface area contributed by atoms with Crippen molar-refractivity contribution in [2.75, 3.05) is 13.2 Å². The first kappa shape index (κ1) is 16.5. The number of amides is 1. The van der Waals surface area contributed by atoms with Gasteiger partial charge in [-0.05, 0) is 56.7 Å². The van der Waals surface area contributed by atoms with Gasteiger partial charge in [-0.1, -0.05) is 0 Å². The number of nitrogens with zero attached hydrogens (tertiary/aromatic N) is 1. The molecule has 0 atom stereocenters. The zero-order chi connectivity index (χ0) is 17.1. The van der Waals surface area contributed by atoms with Crippen LogP contribution in [0.5, 0.6) is 0 Å². The molecular formula is C19H26N4O2. The van der Waals surface area contributed by atoms with E-state index in [2.05, 4.69) is 20.8 Å². The minimum atomic E-state index is 0.0175. The Labute approximate surface area is 147 Å². The molecule has 0 unspecified atom stereocenters. The first-order chi connectivity index (χ1) is 12.3. The van der Waals surface area contributed by atoms with Crippen molar-refractivity contribution in [2.24, 2.45) is 0 Å². The Balaban J connectivity index is 1.27. The van der Waals surface area contributed by atoms with Gasteiger partial charge in [0, 0.05) is 42.3 Å². The lowest BCUT2D eigenvalue weighted by molar-refractivity contribution is 0.0722. The van der Waals surface area contributed by atoms with Crippen LogP contribution in [0.4, 0.5) is 0 Å². The van der Waals surface area contributed by atoms with Crippen LogP contribution >= 0.6 is 0 Å². The Morgan fingerprint density at radius 2 is 1.76 bits per heavy atom. The van der Waals surface area contributed by atoms with Gasteiger partial charge in [0.1, 0.15) is 0 Å². The number of benzene rings is 1. The smallest absolute Gasteiger partial charge is 0.251 e. The average Bonchev–Trinajstić information content (AvgIpc) is 3.12. The van der Waals surface area contributed by atoms with Crippen molar-refractivity contribution in [3.05, 3.63) is 30.0 Å². The molecule has 0 radical (unpaired) electrons. The third-order valence-electron chi connectivity index (χ3n) is 5.46. The van der Waals surface area contributed by atoms with Gasteiger partial charge in [0.15, 0.2) is 0 Å². The molecule has 6 heteroatoms. The van der Waals surface area contributed by atoms with Gasteiger partial charge in [-0.25, -0.2) is 0 Å². The van der Waals surface area contributed by atoms with E-state index in [1.54, 1.807) is 6.20 Å². The lowest BCUT2D eigenvalue weighted by atomic mass is 9.90. The Morgan fingerprint density at radius 1 is 1.04 bits per heavy atom. The Morgan fingerprint density at radius 3 is 2.56 bits per heavy atom. The highest BCUT2D eigenvalue weighted by atomic mass is 16.5. The molecule has 1 saturated heterocycles. The Bertz CT molecular complexity index is 715. The molecule has 4 rings (SSSR count). The largest absolute Gasteiger partial charge is 0.381 e. The highest BCUT2D eigenvalue weighted by Crippen LogP contribution is 2.21. The van der Waals surface area contributed by atoms with Gasteiger partial charge in [0.2, 0.25) is 0 Å². The van der Waals surface area contributed by atoms with Crippen molar-refractivity contribution in [3.63, 3.8) is 0 Å². The number of aromatic amines is 1. The summed E-state index contributed by atoms with van der Waals surface area (Å²) in [4.78, 5) is 12.5.